The van der Waals surface area contributed by atoms with Gasteiger partial charge in [-0.15, -0.1) is 0 Å². The molecule has 0 unspecified atom stereocenters. The molecule has 1 heterocycles. The molecule has 0 amide bonds. The van der Waals surface area contributed by atoms with Crippen molar-refractivity contribution in [1.82, 2.24) is 5.32 Å². The van der Waals surface area contributed by atoms with Gasteiger partial charge in [0.15, 0.2) is 0 Å². The lowest BCUT2D eigenvalue weighted by molar-refractivity contribution is -0.0771. The van der Waals surface area contributed by atoms with Gasteiger partial charge < -0.3 is 14.8 Å². The highest BCUT2D eigenvalue weighted by atomic mass is 16.5. The SMILES string of the molecule is COc1ccc([C@H](CCNCc2ccccc2)[C@@H]2CCOC(C)(C)C2)cc1. The van der Waals surface area contributed by atoms with Crippen LogP contribution in [0.15, 0.2) is 54.6 Å². The number of rotatable bonds is 8. The molecule has 0 spiro atoms. The molecule has 0 bridgehead atoms. The average Bonchev–Trinajstić information content (AvgIpc) is 2.68. The molecule has 0 aliphatic carbocycles. The zero-order chi connectivity index (χ0) is 19.1. The van der Waals surface area contributed by atoms with Gasteiger partial charge in [0.1, 0.15) is 5.75 Å². The maximum absolute atomic E-state index is 5.97. The molecule has 1 fully saturated rings. The second-order valence-electron chi connectivity index (χ2n) is 8.19. The molecule has 1 aliphatic heterocycles. The average molecular weight is 368 g/mol. The third kappa shape index (κ3) is 5.82. The lowest BCUT2D eigenvalue weighted by Crippen LogP contribution is -2.36. The Bertz CT molecular complexity index is 681. The Morgan fingerprint density at radius 2 is 1.85 bits per heavy atom. The van der Waals surface area contributed by atoms with Crippen LogP contribution < -0.4 is 10.1 Å². The van der Waals surface area contributed by atoms with Crippen LogP contribution >= 0.6 is 0 Å². The first kappa shape index (κ1) is 19.9. The van der Waals surface area contributed by atoms with Crippen LogP contribution in [0.1, 0.15) is 50.2 Å². The molecule has 1 saturated heterocycles. The predicted octanol–water partition coefficient (Wildman–Crippen LogP) is 5.16. The fourth-order valence-electron chi connectivity index (χ4n) is 4.23. The molecule has 0 radical (unpaired) electrons. The summed E-state index contributed by atoms with van der Waals surface area (Å²) in [5.41, 5.74) is 2.73. The Balaban J connectivity index is 1.65. The molecule has 3 heteroatoms. The first-order chi connectivity index (χ1) is 13.1. The Labute approximate surface area is 164 Å². The van der Waals surface area contributed by atoms with Crippen molar-refractivity contribution in [3.05, 3.63) is 65.7 Å². The first-order valence-corrected chi connectivity index (χ1v) is 10.1. The molecule has 146 valence electrons. The fraction of sp³-hybridized carbons (Fsp3) is 0.500. The maximum Gasteiger partial charge on any atom is 0.118 e. The minimum absolute atomic E-state index is 0.0227. The van der Waals surface area contributed by atoms with E-state index in [0.29, 0.717) is 11.8 Å². The van der Waals surface area contributed by atoms with Crippen LogP contribution in [0.2, 0.25) is 0 Å². The molecule has 3 rings (SSSR count). The minimum atomic E-state index is -0.0227. The van der Waals surface area contributed by atoms with E-state index in [1.54, 1.807) is 7.11 Å². The molecule has 0 saturated carbocycles. The van der Waals surface area contributed by atoms with E-state index >= 15 is 0 Å². The Morgan fingerprint density at radius 3 is 2.52 bits per heavy atom. The van der Waals surface area contributed by atoms with Crippen LogP contribution in [0.3, 0.4) is 0 Å². The summed E-state index contributed by atoms with van der Waals surface area (Å²) in [7, 11) is 1.72. The Morgan fingerprint density at radius 1 is 1.11 bits per heavy atom. The van der Waals surface area contributed by atoms with Gasteiger partial charge in [-0.2, -0.15) is 0 Å². The molecule has 2 atom stereocenters. The first-order valence-electron chi connectivity index (χ1n) is 10.1. The second-order valence-corrected chi connectivity index (χ2v) is 8.19. The topological polar surface area (TPSA) is 30.5 Å². The van der Waals surface area contributed by atoms with Crippen LogP contribution in [-0.4, -0.2) is 25.9 Å². The molecular formula is C24H33NO2. The summed E-state index contributed by atoms with van der Waals surface area (Å²) in [4.78, 5) is 0. The van der Waals surface area contributed by atoms with Crippen molar-refractivity contribution in [2.24, 2.45) is 5.92 Å². The smallest absolute Gasteiger partial charge is 0.118 e. The highest BCUT2D eigenvalue weighted by Crippen LogP contribution is 2.40. The number of hydrogen-bond donors (Lipinski definition) is 1. The minimum Gasteiger partial charge on any atom is -0.497 e. The third-order valence-electron chi connectivity index (χ3n) is 5.65. The standard InChI is InChI=1S/C24H33NO2/c1-24(2)17-21(14-16-27-24)23(20-9-11-22(26-3)12-10-20)13-15-25-18-19-7-5-4-6-8-19/h4-12,21,23,25H,13-18H2,1-3H3/t21-,23+/m1/s1. The molecule has 3 nitrogen and oxygen atoms in total. The lowest BCUT2D eigenvalue weighted by atomic mass is 9.75. The van der Waals surface area contributed by atoms with Gasteiger partial charge in [-0.05, 0) is 74.8 Å². The number of ether oxygens (including phenoxy) is 2. The molecule has 2 aromatic rings. The van der Waals surface area contributed by atoms with Crippen molar-refractivity contribution >= 4 is 0 Å². The molecule has 1 N–H and O–H groups in total. The molecule has 0 aromatic heterocycles. The van der Waals surface area contributed by atoms with Gasteiger partial charge in [0.2, 0.25) is 0 Å². The van der Waals surface area contributed by atoms with E-state index in [1.807, 2.05) is 0 Å². The number of hydrogen-bond acceptors (Lipinski definition) is 3. The van der Waals surface area contributed by atoms with Crippen LogP contribution in [0.25, 0.3) is 0 Å². The van der Waals surface area contributed by atoms with E-state index in [4.69, 9.17) is 9.47 Å². The summed E-state index contributed by atoms with van der Waals surface area (Å²) < 4.78 is 11.3. The highest BCUT2D eigenvalue weighted by molar-refractivity contribution is 5.30. The third-order valence-corrected chi connectivity index (χ3v) is 5.65. The monoisotopic (exact) mass is 367 g/mol. The Hall–Kier alpha value is -1.84. The Kier molecular flexibility index (Phi) is 6.92. The van der Waals surface area contributed by atoms with Crippen molar-refractivity contribution in [1.29, 1.82) is 0 Å². The molecule has 1 aliphatic rings. The largest absolute Gasteiger partial charge is 0.497 e. The van der Waals surface area contributed by atoms with E-state index < -0.39 is 0 Å². The number of benzene rings is 2. The van der Waals surface area contributed by atoms with Crippen molar-refractivity contribution in [3.63, 3.8) is 0 Å². The maximum atomic E-state index is 5.97. The van der Waals surface area contributed by atoms with Gasteiger partial charge >= 0.3 is 0 Å². The fourth-order valence-corrected chi connectivity index (χ4v) is 4.23. The van der Waals surface area contributed by atoms with E-state index in [-0.39, 0.29) is 5.60 Å². The number of nitrogens with one attached hydrogen (secondary N) is 1. The van der Waals surface area contributed by atoms with Gasteiger partial charge in [0, 0.05) is 13.2 Å². The molecule has 2 aromatic carbocycles. The van der Waals surface area contributed by atoms with E-state index in [0.717, 1.165) is 44.7 Å². The van der Waals surface area contributed by atoms with E-state index in [2.05, 4.69) is 73.8 Å². The van der Waals surface area contributed by atoms with Gasteiger partial charge in [-0.1, -0.05) is 42.5 Å². The normalized spacial score (nSPS) is 20.2. The summed E-state index contributed by atoms with van der Waals surface area (Å²) in [6.45, 7) is 7.25. The summed E-state index contributed by atoms with van der Waals surface area (Å²) in [6.07, 6.45) is 3.39. The quantitative estimate of drug-likeness (QED) is 0.654. The van der Waals surface area contributed by atoms with E-state index in [9.17, 15) is 0 Å². The van der Waals surface area contributed by atoms with Gasteiger partial charge in [-0.3, -0.25) is 0 Å². The summed E-state index contributed by atoms with van der Waals surface area (Å²) >= 11 is 0. The van der Waals surface area contributed by atoms with Crippen LogP contribution in [0.4, 0.5) is 0 Å². The van der Waals surface area contributed by atoms with Crippen molar-refractivity contribution in [2.45, 2.75) is 51.2 Å². The second kappa shape index (κ2) is 9.38. The zero-order valence-electron chi connectivity index (χ0n) is 16.9. The van der Waals surface area contributed by atoms with Crippen LogP contribution in [0, 0.1) is 5.92 Å². The summed E-state index contributed by atoms with van der Waals surface area (Å²) in [5, 5.41) is 3.63. The lowest BCUT2D eigenvalue weighted by Gasteiger charge is -2.39. The summed E-state index contributed by atoms with van der Waals surface area (Å²) in [6, 6.07) is 19.3. The number of methoxy groups -OCH3 is 1. The van der Waals surface area contributed by atoms with Crippen LogP contribution in [0.5, 0.6) is 5.75 Å². The predicted molar refractivity (Wildman–Crippen MR) is 111 cm³/mol. The highest BCUT2D eigenvalue weighted by Gasteiger charge is 2.33. The van der Waals surface area contributed by atoms with E-state index in [1.165, 1.54) is 11.1 Å². The van der Waals surface area contributed by atoms with Crippen molar-refractivity contribution < 1.29 is 9.47 Å². The van der Waals surface area contributed by atoms with Gasteiger partial charge in [0.25, 0.3) is 0 Å². The van der Waals surface area contributed by atoms with Gasteiger partial charge in [0.05, 0.1) is 12.7 Å². The molecular weight excluding hydrogens is 334 g/mol. The van der Waals surface area contributed by atoms with Crippen molar-refractivity contribution in [2.75, 3.05) is 20.3 Å². The molecule has 27 heavy (non-hydrogen) atoms. The van der Waals surface area contributed by atoms with Gasteiger partial charge in [-0.25, -0.2) is 0 Å². The van der Waals surface area contributed by atoms with Crippen LogP contribution in [-0.2, 0) is 11.3 Å². The van der Waals surface area contributed by atoms with Crippen molar-refractivity contribution in [3.8, 4) is 5.75 Å². The zero-order valence-corrected chi connectivity index (χ0v) is 16.9. The summed E-state index contributed by atoms with van der Waals surface area (Å²) in [5.74, 6) is 2.12.